The Morgan fingerprint density at radius 2 is 1.81 bits per heavy atom. The fourth-order valence-electron chi connectivity index (χ4n) is 3.14. The number of alkyl halides is 3. The molecule has 162 valence electrons. The standard InChI is InChI=1S/C21H17ClF4N4O/c22-17-6-5-15(11-16(17)21(24,25)26)28-20(31)14(12-27)13-29-7-9-30(10-8-29)19-4-2-1-3-18(19)23/h1-6,11,13H,7-10H2,(H,28,31)/b14-13-. The van der Waals surface area contributed by atoms with Crippen LogP contribution in [0.1, 0.15) is 5.56 Å². The molecule has 1 aliphatic heterocycles. The van der Waals surface area contributed by atoms with E-state index in [0.717, 1.165) is 6.07 Å². The largest absolute Gasteiger partial charge is 0.417 e. The first kappa shape index (κ1) is 22.4. The monoisotopic (exact) mass is 452 g/mol. The molecule has 1 saturated heterocycles. The van der Waals surface area contributed by atoms with Crippen LogP contribution in [0.15, 0.2) is 54.2 Å². The minimum atomic E-state index is -4.68. The normalized spacial score (nSPS) is 14.9. The predicted molar refractivity (Wildman–Crippen MR) is 109 cm³/mol. The highest BCUT2D eigenvalue weighted by Gasteiger charge is 2.33. The van der Waals surface area contributed by atoms with Crippen molar-refractivity contribution in [3.8, 4) is 6.07 Å². The molecule has 1 N–H and O–H groups in total. The van der Waals surface area contributed by atoms with E-state index < -0.39 is 22.7 Å². The molecule has 0 saturated carbocycles. The number of benzene rings is 2. The number of rotatable bonds is 4. The number of hydrogen-bond donors (Lipinski definition) is 1. The highest BCUT2D eigenvalue weighted by Crippen LogP contribution is 2.36. The molecular formula is C21H17ClF4N4O. The molecule has 0 aliphatic carbocycles. The Labute approximate surface area is 181 Å². The summed E-state index contributed by atoms with van der Waals surface area (Å²) in [7, 11) is 0. The number of hydrogen-bond acceptors (Lipinski definition) is 4. The van der Waals surface area contributed by atoms with E-state index in [9.17, 15) is 27.6 Å². The number of amides is 1. The van der Waals surface area contributed by atoms with E-state index in [1.54, 1.807) is 29.2 Å². The fourth-order valence-corrected chi connectivity index (χ4v) is 3.36. The SMILES string of the molecule is N#C/C(=C/N1CCN(c2ccccc2F)CC1)C(=O)Nc1ccc(Cl)c(C(F)(F)F)c1. The van der Waals surface area contributed by atoms with Gasteiger partial charge in [0.25, 0.3) is 5.91 Å². The molecule has 31 heavy (non-hydrogen) atoms. The van der Waals surface area contributed by atoms with E-state index in [1.807, 2.05) is 4.90 Å². The maximum Gasteiger partial charge on any atom is 0.417 e. The lowest BCUT2D eigenvalue weighted by Crippen LogP contribution is -2.44. The second kappa shape index (κ2) is 9.27. The van der Waals surface area contributed by atoms with Gasteiger partial charge in [-0.2, -0.15) is 18.4 Å². The van der Waals surface area contributed by atoms with Crippen molar-refractivity contribution >= 4 is 28.9 Å². The van der Waals surface area contributed by atoms with Crippen LogP contribution in [-0.2, 0) is 11.0 Å². The number of piperazine rings is 1. The van der Waals surface area contributed by atoms with Crippen LogP contribution in [0.3, 0.4) is 0 Å². The Morgan fingerprint density at radius 1 is 1.13 bits per heavy atom. The molecule has 0 bridgehead atoms. The summed E-state index contributed by atoms with van der Waals surface area (Å²) in [5.74, 6) is -1.17. The summed E-state index contributed by atoms with van der Waals surface area (Å²) in [6.45, 7) is 1.83. The lowest BCUT2D eigenvalue weighted by atomic mass is 10.1. The van der Waals surface area contributed by atoms with Crippen LogP contribution in [-0.4, -0.2) is 37.0 Å². The topological polar surface area (TPSA) is 59.4 Å². The molecule has 3 rings (SSSR count). The lowest BCUT2D eigenvalue weighted by Gasteiger charge is -2.35. The summed E-state index contributed by atoms with van der Waals surface area (Å²) >= 11 is 5.57. The van der Waals surface area contributed by atoms with Gasteiger partial charge in [0.1, 0.15) is 17.5 Å². The van der Waals surface area contributed by atoms with Gasteiger partial charge in [-0.15, -0.1) is 0 Å². The van der Waals surface area contributed by atoms with E-state index in [-0.39, 0.29) is 17.1 Å². The Hall–Kier alpha value is -3.25. The molecule has 0 atom stereocenters. The third-order valence-electron chi connectivity index (χ3n) is 4.71. The van der Waals surface area contributed by atoms with Gasteiger partial charge in [-0.05, 0) is 30.3 Å². The molecule has 1 aliphatic rings. The zero-order chi connectivity index (χ0) is 22.6. The average molecular weight is 453 g/mol. The Balaban J connectivity index is 1.67. The van der Waals surface area contributed by atoms with E-state index >= 15 is 0 Å². The van der Waals surface area contributed by atoms with Crippen LogP contribution >= 0.6 is 11.6 Å². The first-order chi connectivity index (χ1) is 14.7. The van der Waals surface area contributed by atoms with Crippen molar-refractivity contribution in [2.24, 2.45) is 0 Å². The summed E-state index contributed by atoms with van der Waals surface area (Å²) in [4.78, 5) is 16.0. The van der Waals surface area contributed by atoms with Crippen LogP contribution in [0.5, 0.6) is 0 Å². The minimum Gasteiger partial charge on any atom is -0.373 e. The van der Waals surface area contributed by atoms with Crippen LogP contribution in [0.4, 0.5) is 28.9 Å². The number of para-hydroxylation sites is 1. The molecule has 0 spiro atoms. The second-order valence-corrected chi connectivity index (χ2v) is 7.18. The van der Waals surface area contributed by atoms with Gasteiger partial charge in [-0.25, -0.2) is 4.39 Å². The first-order valence-corrected chi connectivity index (χ1v) is 9.60. The van der Waals surface area contributed by atoms with Crippen LogP contribution in [0.25, 0.3) is 0 Å². The van der Waals surface area contributed by atoms with Crippen molar-refractivity contribution in [1.82, 2.24) is 4.90 Å². The van der Waals surface area contributed by atoms with Crippen molar-refractivity contribution in [2.75, 3.05) is 36.4 Å². The smallest absolute Gasteiger partial charge is 0.373 e. The molecule has 1 heterocycles. The molecule has 0 aromatic heterocycles. The molecule has 0 radical (unpaired) electrons. The highest BCUT2D eigenvalue weighted by molar-refractivity contribution is 6.31. The maximum atomic E-state index is 13.9. The van der Waals surface area contributed by atoms with Crippen molar-refractivity contribution in [2.45, 2.75) is 6.18 Å². The average Bonchev–Trinajstić information content (AvgIpc) is 2.73. The Bertz CT molecular complexity index is 1040. The number of anilines is 2. The highest BCUT2D eigenvalue weighted by atomic mass is 35.5. The van der Waals surface area contributed by atoms with Gasteiger partial charge in [0.2, 0.25) is 0 Å². The quantitative estimate of drug-likeness (QED) is 0.416. The number of carbonyl (C=O) groups excluding carboxylic acids is 1. The zero-order valence-corrected chi connectivity index (χ0v) is 16.8. The maximum absolute atomic E-state index is 13.9. The second-order valence-electron chi connectivity index (χ2n) is 6.78. The van der Waals surface area contributed by atoms with Crippen molar-refractivity contribution in [3.63, 3.8) is 0 Å². The molecule has 10 heteroatoms. The summed E-state index contributed by atoms with van der Waals surface area (Å²) in [6, 6.07) is 11.1. The summed E-state index contributed by atoms with van der Waals surface area (Å²) in [6.07, 6.45) is -3.32. The van der Waals surface area contributed by atoms with Gasteiger partial charge in [-0.3, -0.25) is 4.79 Å². The first-order valence-electron chi connectivity index (χ1n) is 9.22. The number of nitrogens with zero attached hydrogens (tertiary/aromatic N) is 3. The number of nitriles is 1. The third-order valence-corrected chi connectivity index (χ3v) is 5.04. The van der Waals surface area contributed by atoms with Gasteiger partial charge in [0.05, 0.1) is 16.3 Å². The zero-order valence-electron chi connectivity index (χ0n) is 16.1. The molecule has 5 nitrogen and oxygen atoms in total. The van der Waals surface area contributed by atoms with E-state index in [2.05, 4.69) is 5.32 Å². The van der Waals surface area contributed by atoms with Gasteiger partial charge in [-0.1, -0.05) is 23.7 Å². The Morgan fingerprint density at radius 3 is 2.42 bits per heavy atom. The van der Waals surface area contributed by atoms with E-state index in [4.69, 9.17) is 11.6 Å². The van der Waals surface area contributed by atoms with Crippen molar-refractivity contribution in [3.05, 3.63) is 70.6 Å². The lowest BCUT2D eigenvalue weighted by molar-refractivity contribution is -0.137. The van der Waals surface area contributed by atoms with Crippen molar-refractivity contribution < 1.29 is 22.4 Å². The van der Waals surface area contributed by atoms with Gasteiger partial charge >= 0.3 is 6.18 Å². The van der Waals surface area contributed by atoms with Crippen LogP contribution in [0, 0.1) is 17.1 Å². The third kappa shape index (κ3) is 5.47. The predicted octanol–water partition coefficient (Wildman–Crippen LogP) is 4.67. The molecule has 2 aromatic carbocycles. The molecule has 1 fully saturated rings. The van der Waals surface area contributed by atoms with E-state index in [0.29, 0.717) is 37.9 Å². The van der Waals surface area contributed by atoms with Gasteiger partial charge in [0.15, 0.2) is 0 Å². The number of halogens is 5. The molecule has 2 aromatic rings. The summed E-state index contributed by atoms with van der Waals surface area (Å²) in [5, 5.41) is 11.1. The fraction of sp³-hybridized carbons (Fsp3) is 0.238. The summed E-state index contributed by atoms with van der Waals surface area (Å²) in [5.41, 5.74) is -0.999. The number of carbonyl (C=O) groups is 1. The number of nitrogens with one attached hydrogen (secondary N) is 1. The minimum absolute atomic E-state index is 0.132. The van der Waals surface area contributed by atoms with Crippen LogP contribution < -0.4 is 10.2 Å². The molecule has 1 amide bonds. The molecular weight excluding hydrogens is 436 g/mol. The summed E-state index contributed by atoms with van der Waals surface area (Å²) < 4.78 is 52.9. The molecule has 0 unspecified atom stereocenters. The van der Waals surface area contributed by atoms with Gasteiger partial charge < -0.3 is 15.1 Å². The Kier molecular flexibility index (Phi) is 6.71. The van der Waals surface area contributed by atoms with E-state index in [1.165, 1.54) is 18.3 Å². The van der Waals surface area contributed by atoms with Crippen LogP contribution in [0.2, 0.25) is 5.02 Å². The van der Waals surface area contributed by atoms with Crippen molar-refractivity contribution in [1.29, 1.82) is 5.26 Å². The van der Waals surface area contributed by atoms with Gasteiger partial charge in [0, 0.05) is 38.1 Å².